The molecule has 0 amide bonds. The Hall–Kier alpha value is -1.18. The van der Waals surface area contributed by atoms with Crippen LogP contribution in [0.15, 0.2) is 6.07 Å². The summed E-state index contributed by atoms with van der Waals surface area (Å²) in [4.78, 5) is 11.0. The Kier molecular flexibility index (Phi) is 7.08. The van der Waals surface area contributed by atoms with Crippen molar-refractivity contribution in [2.45, 2.75) is 25.7 Å². The molecular weight excluding hydrogens is 322 g/mol. The quantitative estimate of drug-likeness (QED) is 0.483. The van der Waals surface area contributed by atoms with E-state index in [4.69, 9.17) is 28.6 Å². The highest BCUT2D eigenvalue weighted by Gasteiger charge is 2.13. The topological polar surface area (TPSA) is 62.3 Å². The summed E-state index contributed by atoms with van der Waals surface area (Å²) in [5, 5.41) is 6.86. The number of ether oxygens (including phenoxy) is 1. The molecule has 0 aromatic carbocycles. The van der Waals surface area contributed by atoms with E-state index in [1.807, 2.05) is 0 Å². The number of hydrogen-bond donors (Lipinski definition) is 2. The van der Waals surface area contributed by atoms with Crippen LogP contribution in [-0.2, 0) is 4.74 Å². The molecule has 2 heterocycles. The zero-order valence-electron chi connectivity index (χ0n) is 12.8. The van der Waals surface area contributed by atoms with Crippen LogP contribution in [0.2, 0.25) is 5.15 Å². The third-order valence-electron chi connectivity index (χ3n) is 3.43. The highest BCUT2D eigenvalue weighted by Crippen LogP contribution is 2.21. The van der Waals surface area contributed by atoms with Crippen molar-refractivity contribution < 1.29 is 4.74 Å². The second kappa shape index (κ2) is 9.07. The van der Waals surface area contributed by atoms with Crippen molar-refractivity contribution in [3.8, 4) is 0 Å². The Morgan fingerprint density at radius 3 is 2.73 bits per heavy atom. The van der Waals surface area contributed by atoms with Crippen LogP contribution in [0.25, 0.3) is 0 Å². The largest absolute Gasteiger partial charge is 0.383 e. The Morgan fingerprint density at radius 1 is 1.32 bits per heavy atom. The first-order valence-corrected chi connectivity index (χ1v) is 8.31. The molecule has 0 aliphatic carbocycles. The van der Waals surface area contributed by atoms with Crippen molar-refractivity contribution >= 4 is 40.7 Å². The Balaban J connectivity index is 2.01. The molecule has 1 aromatic heterocycles. The number of halogens is 1. The summed E-state index contributed by atoms with van der Waals surface area (Å²) in [6.07, 6.45) is 4.91. The number of hydrogen-bond acceptors (Lipinski definition) is 5. The van der Waals surface area contributed by atoms with Gasteiger partial charge in [-0.1, -0.05) is 24.4 Å². The lowest BCUT2D eigenvalue weighted by atomic mass is 10.2. The van der Waals surface area contributed by atoms with E-state index in [0.717, 1.165) is 18.9 Å². The maximum atomic E-state index is 6.12. The summed E-state index contributed by atoms with van der Waals surface area (Å²) in [5.74, 6) is 1.27. The molecule has 1 aliphatic rings. The SMILES string of the molecule is COCCNC(=S)Nc1nc(Cl)cc(N2CCCCCC2)n1. The first kappa shape index (κ1) is 17.2. The van der Waals surface area contributed by atoms with Crippen molar-refractivity contribution in [3.05, 3.63) is 11.2 Å². The fraction of sp³-hybridized carbons (Fsp3) is 0.643. The average molecular weight is 344 g/mol. The van der Waals surface area contributed by atoms with Gasteiger partial charge in [-0.3, -0.25) is 0 Å². The van der Waals surface area contributed by atoms with E-state index in [1.54, 1.807) is 13.2 Å². The fourth-order valence-electron chi connectivity index (χ4n) is 2.34. The maximum Gasteiger partial charge on any atom is 0.232 e. The van der Waals surface area contributed by atoms with Crippen LogP contribution in [0.4, 0.5) is 11.8 Å². The third-order valence-corrected chi connectivity index (χ3v) is 3.87. The van der Waals surface area contributed by atoms with E-state index in [1.165, 1.54) is 25.7 Å². The van der Waals surface area contributed by atoms with E-state index in [9.17, 15) is 0 Å². The smallest absolute Gasteiger partial charge is 0.232 e. The molecule has 22 heavy (non-hydrogen) atoms. The van der Waals surface area contributed by atoms with Crippen LogP contribution >= 0.6 is 23.8 Å². The van der Waals surface area contributed by atoms with Crippen molar-refractivity contribution in [1.29, 1.82) is 0 Å². The minimum absolute atomic E-state index is 0.413. The van der Waals surface area contributed by atoms with Gasteiger partial charge in [0.15, 0.2) is 5.11 Å². The van der Waals surface area contributed by atoms with Gasteiger partial charge in [0.2, 0.25) is 5.95 Å². The summed E-state index contributed by atoms with van der Waals surface area (Å²) in [5.41, 5.74) is 0. The Bertz CT molecular complexity index is 494. The van der Waals surface area contributed by atoms with Gasteiger partial charge in [-0.25, -0.2) is 4.98 Å². The maximum absolute atomic E-state index is 6.12. The molecule has 1 saturated heterocycles. The molecular formula is C14H22ClN5OS. The second-order valence-electron chi connectivity index (χ2n) is 5.15. The lowest BCUT2D eigenvalue weighted by Gasteiger charge is -2.22. The average Bonchev–Trinajstić information content (AvgIpc) is 2.76. The van der Waals surface area contributed by atoms with Gasteiger partial charge in [0.25, 0.3) is 0 Å². The molecule has 6 nitrogen and oxygen atoms in total. The predicted molar refractivity (Wildman–Crippen MR) is 93.8 cm³/mol. The summed E-state index contributed by atoms with van der Waals surface area (Å²) in [6, 6.07) is 1.81. The molecule has 0 spiro atoms. The van der Waals surface area contributed by atoms with Gasteiger partial charge in [-0.2, -0.15) is 4.98 Å². The summed E-state index contributed by atoms with van der Waals surface area (Å²) in [7, 11) is 1.64. The third kappa shape index (κ3) is 5.55. The van der Waals surface area contributed by atoms with Crippen LogP contribution < -0.4 is 15.5 Å². The lowest BCUT2D eigenvalue weighted by Crippen LogP contribution is -2.32. The molecule has 1 aliphatic heterocycles. The van der Waals surface area contributed by atoms with Gasteiger partial charge >= 0.3 is 0 Å². The zero-order valence-corrected chi connectivity index (χ0v) is 14.3. The van der Waals surface area contributed by atoms with Crippen LogP contribution in [0.1, 0.15) is 25.7 Å². The van der Waals surface area contributed by atoms with Gasteiger partial charge < -0.3 is 20.3 Å². The monoisotopic (exact) mass is 343 g/mol. The Labute approximate surface area is 141 Å². The molecule has 0 radical (unpaired) electrons. The van der Waals surface area contributed by atoms with Gasteiger partial charge in [0, 0.05) is 32.8 Å². The number of nitrogens with zero attached hydrogens (tertiary/aromatic N) is 3. The van der Waals surface area contributed by atoms with E-state index < -0.39 is 0 Å². The van der Waals surface area contributed by atoms with Crippen LogP contribution in [0.3, 0.4) is 0 Å². The van der Waals surface area contributed by atoms with Crippen LogP contribution in [0.5, 0.6) is 0 Å². The zero-order chi connectivity index (χ0) is 15.8. The highest BCUT2D eigenvalue weighted by molar-refractivity contribution is 7.80. The minimum atomic E-state index is 0.413. The number of anilines is 2. The summed E-state index contributed by atoms with van der Waals surface area (Å²) in [6.45, 7) is 3.21. The number of thiocarbonyl (C=S) groups is 1. The molecule has 8 heteroatoms. The number of aromatic nitrogens is 2. The normalized spacial score (nSPS) is 15.3. The number of rotatable bonds is 5. The number of nitrogens with one attached hydrogen (secondary N) is 2. The number of methoxy groups -OCH3 is 1. The molecule has 0 bridgehead atoms. The molecule has 2 N–H and O–H groups in total. The molecule has 0 saturated carbocycles. The summed E-state index contributed by atoms with van der Waals surface area (Å²) >= 11 is 11.3. The van der Waals surface area contributed by atoms with E-state index in [0.29, 0.717) is 29.4 Å². The van der Waals surface area contributed by atoms with Crippen molar-refractivity contribution in [2.75, 3.05) is 43.6 Å². The Morgan fingerprint density at radius 2 is 2.05 bits per heavy atom. The van der Waals surface area contributed by atoms with Crippen LogP contribution in [0, 0.1) is 0 Å². The molecule has 122 valence electrons. The van der Waals surface area contributed by atoms with Crippen LogP contribution in [-0.4, -0.2) is 48.4 Å². The van der Waals surface area contributed by atoms with Crippen molar-refractivity contribution in [1.82, 2.24) is 15.3 Å². The van der Waals surface area contributed by atoms with Gasteiger partial charge in [-0.05, 0) is 25.1 Å². The van der Waals surface area contributed by atoms with Crippen molar-refractivity contribution in [2.24, 2.45) is 0 Å². The fourth-order valence-corrected chi connectivity index (χ4v) is 2.71. The van der Waals surface area contributed by atoms with E-state index >= 15 is 0 Å². The highest BCUT2D eigenvalue weighted by atomic mass is 35.5. The molecule has 0 unspecified atom stereocenters. The first-order valence-electron chi connectivity index (χ1n) is 7.52. The standard InChI is InChI=1S/C14H22ClN5OS/c1-21-9-6-16-14(22)19-13-17-11(15)10-12(18-13)20-7-4-2-3-5-8-20/h10H,2-9H2,1H3,(H2,16,17,18,19,22). The second-order valence-corrected chi connectivity index (χ2v) is 5.94. The summed E-state index contributed by atoms with van der Waals surface area (Å²) < 4.78 is 4.96. The van der Waals surface area contributed by atoms with E-state index in [2.05, 4.69) is 25.5 Å². The molecule has 0 atom stereocenters. The molecule has 1 aromatic rings. The van der Waals surface area contributed by atoms with E-state index in [-0.39, 0.29) is 0 Å². The van der Waals surface area contributed by atoms with Gasteiger partial charge in [-0.15, -0.1) is 0 Å². The lowest BCUT2D eigenvalue weighted by molar-refractivity contribution is 0.204. The first-order chi connectivity index (χ1) is 10.7. The molecule has 2 rings (SSSR count). The predicted octanol–water partition coefficient (Wildman–Crippen LogP) is 2.44. The van der Waals surface area contributed by atoms with Gasteiger partial charge in [0.1, 0.15) is 11.0 Å². The molecule has 1 fully saturated rings. The van der Waals surface area contributed by atoms with Crippen molar-refractivity contribution in [3.63, 3.8) is 0 Å². The minimum Gasteiger partial charge on any atom is -0.383 e. The van der Waals surface area contributed by atoms with Gasteiger partial charge in [0.05, 0.1) is 6.61 Å².